The van der Waals surface area contributed by atoms with Crippen LogP contribution in [0.3, 0.4) is 0 Å². The van der Waals surface area contributed by atoms with Crippen molar-refractivity contribution in [2.45, 2.75) is 20.4 Å². The average Bonchev–Trinajstić information content (AvgIpc) is 2.98. The molecule has 0 saturated carbocycles. The Morgan fingerprint density at radius 2 is 2.08 bits per heavy atom. The van der Waals surface area contributed by atoms with E-state index in [0.717, 1.165) is 16.6 Å². The van der Waals surface area contributed by atoms with Crippen LogP contribution >= 0.6 is 0 Å². The lowest BCUT2D eigenvalue weighted by Gasteiger charge is -2.07. The first-order chi connectivity index (χ1) is 11.5. The predicted octanol–water partition coefficient (Wildman–Crippen LogP) is 2.59. The Morgan fingerprint density at radius 1 is 1.29 bits per heavy atom. The van der Waals surface area contributed by atoms with E-state index in [1.807, 2.05) is 43.3 Å². The summed E-state index contributed by atoms with van der Waals surface area (Å²) < 4.78 is 1.76. The van der Waals surface area contributed by atoms with Crippen molar-refractivity contribution in [1.29, 1.82) is 0 Å². The number of aromatic nitrogens is 2. The zero-order valence-electron chi connectivity index (χ0n) is 13.5. The summed E-state index contributed by atoms with van der Waals surface area (Å²) in [6.07, 6.45) is 1.63. The number of nitrogens with one attached hydrogen (secondary N) is 1. The second-order valence-electron chi connectivity index (χ2n) is 5.61. The molecule has 3 rings (SSSR count). The first kappa shape index (κ1) is 15.7. The van der Waals surface area contributed by atoms with Crippen LogP contribution in [0.5, 0.6) is 5.75 Å². The van der Waals surface area contributed by atoms with Crippen LogP contribution in [-0.4, -0.2) is 26.3 Å². The van der Waals surface area contributed by atoms with Gasteiger partial charge in [-0.3, -0.25) is 4.79 Å². The minimum atomic E-state index is -0.260. The van der Waals surface area contributed by atoms with Crippen LogP contribution in [0.1, 0.15) is 18.1 Å². The van der Waals surface area contributed by atoms with Crippen molar-refractivity contribution in [2.24, 2.45) is 5.10 Å². The highest BCUT2D eigenvalue weighted by Gasteiger charge is 2.08. The maximum absolute atomic E-state index is 12.1. The molecule has 0 spiro atoms. The van der Waals surface area contributed by atoms with Gasteiger partial charge in [0.1, 0.15) is 12.3 Å². The number of hydrogen-bond acceptors (Lipinski definition) is 4. The number of phenols is 1. The van der Waals surface area contributed by atoms with E-state index in [2.05, 4.69) is 15.5 Å². The monoisotopic (exact) mass is 322 g/mol. The number of carbonyl (C=O) groups excluding carboxylic acids is 1. The van der Waals surface area contributed by atoms with Gasteiger partial charge in [0, 0.05) is 5.56 Å². The van der Waals surface area contributed by atoms with Crippen molar-refractivity contribution < 1.29 is 9.90 Å². The number of hydrogen-bond donors (Lipinski definition) is 2. The SMILES string of the molecule is CC(=NNC(=O)Cn1cnc2ccccc21)c1cc(C)ccc1O. The molecule has 1 aromatic heterocycles. The summed E-state index contributed by atoms with van der Waals surface area (Å²) in [5.74, 6) is -0.124. The minimum Gasteiger partial charge on any atom is -0.507 e. The molecule has 2 aromatic carbocycles. The Balaban J connectivity index is 1.72. The van der Waals surface area contributed by atoms with Gasteiger partial charge < -0.3 is 9.67 Å². The number of aromatic hydroxyl groups is 1. The molecule has 0 aliphatic rings. The van der Waals surface area contributed by atoms with Gasteiger partial charge in [-0.05, 0) is 38.1 Å². The fraction of sp³-hybridized carbons (Fsp3) is 0.167. The minimum absolute atomic E-state index is 0.122. The third-order valence-electron chi connectivity index (χ3n) is 3.73. The highest BCUT2D eigenvalue weighted by atomic mass is 16.3. The molecule has 0 aliphatic carbocycles. The number of nitrogens with zero attached hydrogens (tertiary/aromatic N) is 3. The van der Waals surface area contributed by atoms with Crippen molar-refractivity contribution >= 4 is 22.7 Å². The van der Waals surface area contributed by atoms with Gasteiger partial charge in [0.15, 0.2) is 0 Å². The van der Waals surface area contributed by atoms with Crippen LogP contribution in [-0.2, 0) is 11.3 Å². The standard InChI is InChI=1S/C18H18N4O2/c1-12-7-8-17(23)14(9-12)13(2)20-21-18(24)10-22-11-19-15-5-3-4-6-16(15)22/h3-9,11,23H,10H2,1-2H3,(H,21,24). The number of fused-ring (bicyclic) bond motifs is 1. The smallest absolute Gasteiger partial charge is 0.260 e. The molecule has 24 heavy (non-hydrogen) atoms. The molecule has 0 unspecified atom stereocenters. The van der Waals surface area contributed by atoms with Crippen LogP contribution in [0.2, 0.25) is 0 Å². The topological polar surface area (TPSA) is 79.5 Å². The van der Waals surface area contributed by atoms with Crippen LogP contribution in [0.4, 0.5) is 0 Å². The lowest BCUT2D eigenvalue weighted by Crippen LogP contribution is -2.24. The number of para-hydroxylation sites is 2. The average molecular weight is 322 g/mol. The van der Waals surface area contributed by atoms with E-state index < -0.39 is 0 Å². The van der Waals surface area contributed by atoms with Gasteiger partial charge >= 0.3 is 0 Å². The van der Waals surface area contributed by atoms with Gasteiger partial charge in [0.2, 0.25) is 0 Å². The number of carbonyl (C=O) groups is 1. The molecule has 6 nitrogen and oxygen atoms in total. The zero-order valence-corrected chi connectivity index (χ0v) is 13.5. The maximum atomic E-state index is 12.1. The maximum Gasteiger partial charge on any atom is 0.260 e. The van der Waals surface area contributed by atoms with Crippen LogP contribution in [0.15, 0.2) is 53.9 Å². The van der Waals surface area contributed by atoms with Gasteiger partial charge in [-0.1, -0.05) is 23.8 Å². The Labute approximate surface area is 139 Å². The van der Waals surface area contributed by atoms with E-state index in [4.69, 9.17) is 0 Å². The van der Waals surface area contributed by atoms with Crippen LogP contribution < -0.4 is 5.43 Å². The Bertz CT molecular complexity index is 928. The van der Waals surface area contributed by atoms with Gasteiger partial charge in [-0.2, -0.15) is 5.10 Å². The molecular formula is C18H18N4O2. The lowest BCUT2D eigenvalue weighted by atomic mass is 10.1. The molecule has 2 N–H and O–H groups in total. The highest BCUT2D eigenvalue weighted by Crippen LogP contribution is 2.18. The van der Waals surface area contributed by atoms with E-state index in [0.29, 0.717) is 11.3 Å². The molecule has 0 radical (unpaired) electrons. The number of amides is 1. The number of hydrazone groups is 1. The molecule has 6 heteroatoms. The second-order valence-corrected chi connectivity index (χ2v) is 5.61. The Hall–Kier alpha value is -3.15. The van der Waals surface area contributed by atoms with Crippen molar-refractivity contribution in [3.05, 3.63) is 59.9 Å². The molecular weight excluding hydrogens is 304 g/mol. The Morgan fingerprint density at radius 3 is 2.92 bits per heavy atom. The first-order valence-corrected chi connectivity index (χ1v) is 7.57. The third kappa shape index (κ3) is 3.27. The highest BCUT2D eigenvalue weighted by molar-refractivity contribution is 6.01. The molecule has 0 bridgehead atoms. The lowest BCUT2D eigenvalue weighted by molar-refractivity contribution is -0.121. The predicted molar refractivity (Wildman–Crippen MR) is 92.9 cm³/mol. The summed E-state index contributed by atoms with van der Waals surface area (Å²) in [5.41, 5.74) is 6.41. The van der Waals surface area contributed by atoms with Crippen molar-refractivity contribution in [1.82, 2.24) is 15.0 Å². The van der Waals surface area contributed by atoms with Crippen molar-refractivity contribution in [3.63, 3.8) is 0 Å². The summed E-state index contributed by atoms with van der Waals surface area (Å²) in [4.78, 5) is 16.4. The van der Waals surface area contributed by atoms with Gasteiger partial charge in [-0.15, -0.1) is 0 Å². The largest absolute Gasteiger partial charge is 0.507 e. The third-order valence-corrected chi connectivity index (χ3v) is 3.73. The molecule has 0 fully saturated rings. The van der Waals surface area contributed by atoms with E-state index in [9.17, 15) is 9.90 Å². The second kappa shape index (κ2) is 6.54. The number of benzene rings is 2. The molecule has 3 aromatic rings. The zero-order chi connectivity index (χ0) is 17.1. The molecule has 0 saturated heterocycles. The summed E-state index contributed by atoms with van der Waals surface area (Å²) >= 11 is 0. The van der Waals surface area contributed by atoms with Gasteiger partial charge in [0.25, 0.3) is 5.91 Å². The van der Waals surface area contributed by atoms with E-state index in [-0.39, 0.29) is 18.2 Å². The van der Waals surface area contributed by atoms with Crippen molar-refractivity contribution in [2.75, 3.05) is 0 Å². The van der Waals surface area contributed by atoms with E-state index in [1.54, 1.807) is 23.9 Å². The molecule has 1 amide bonds. The molecule has 122 valence electrons. The normalized spacial score (nSPS) is 11.7. The molecule has 0 atom stereocenters. The number of imidazole rings is 1. The molecule has 1 heterocycles. The van der Waals surface area contributed by atoms with Crippen LogP contribution in [0.25, 0.3) is 11.0 Å². The van der Waals surface area contributed by atoms with Crippen LogP contribution in [0, 0.1) is 6.92 Å². The number of aryl methyl sites for hydroxylation is 1. The fourth-order valence-electron chi connectivity index (χ4n) is 2.47. The summed E-state index contributed by atoms with van der Waals surface area (Å²) in [6, 6.07) is 12.9. The summed E-state index contributed by atoms with van der Waals surface area (Å²) in [7, 11) is 0. The summed E-state index contributed by atoms with van der Waals surface area (Å²) in [5, 5.41) is 14.0. The number of phenolic OH excluding ortho intramolecular Hbond substituents is 1. The fourth-order valence-corrected chi connectivity index (χ4v) is 2.47. The molecule has 0 aliphatic heterocycles. The van der Waals surface area contributed by atoms with Gasteiger partial charge in [-0.25, -0.2) is 10.4 Å². The van der Waals surface area contributed by atoms with Gasteiger partial charge in [0.05, 0.1) is 23.1 Å². The Kier molecular flexibility index (Phi) is 4.29. The summed E-state index contributed by atoms with van der Waals surface area (Å²) in [6.45, 7) is 3.79. The number of rotatable bonds is 4. The quantitative estimate of drug-likeness (QED) is 0.572. The van der Waals surface area contributed by atoms with Crippen molar-refractivity contribution in [3.8, 4) is 5.75 Å². The van der Waals surface area contributed by atoms with E-state index in [1.165, 1.54) is 0 Å². The van der Waals surface area contributed by atoms with E-state index >= 15 is 0 Å². The first-order valence-electron chi connectivity index (χ1n) is 7.57.